The summed E-state index contributed by atoms with van der Waals surface area (Å²) in [5, 5.41) is 0.502. The van der Waals surface area contributed by atoms with Crippen molar-refractivity contribution < 1.29 is 9.47 Å². The third-order valence-electron chi connectivity index (χ3n) is 3.53. The van der Waals surface area contributed by atoms with Crippen LogP contribution in [0.2, 0.25) is 5.02 Å². The number of hydrogen-bond donors (Lipinski definition) is 1. The molecule has 0 heterocycles. The Labute approximate surface area is 107 Å². The lowest BCUT2D eigenvalue weighted by Crippen LogP contribution is -2.27. The van der Waals surface area contributed by atoms with Crippen LogP contribution in [0.5, 0.6) is 11.5 Å². The van der Waals surface area contributed by atoms with Gasteiger partial charge in [-0.3, -0.25) is 0 Å². The van der Waals surface area contributed by atoms with E-state index in [1.54, 1.807) is 14.2 Å². The van der Waals surface area contributed by atoms with Crippen molar-refractivity contribution in [2.45, 2.75) is 25.3 Å². The lowest BCUT2D eigenvalue weighted by atomic mass is 9.77. The van der Waals surface area contributed by atoms with Crippen LogP contribution in [-0.4, -0.2) is 14.2 Å². The maximum atomic E-state index is 6.26. The molecule has 0 aliphatic heterocycles. The summed E-state index contributed by atoms with van der Waals surface area (Å²) in [6.07, 6.45) is 3.65. The van der Waals surface area contributed by atoms with Crippen molar-refractivity contribution in [3.05, 3.63) is 22.7 Å². The Balaban J connectivity index is 2.35. The quantitative estimate of drug-likeness (QED) is 0.899. The molecule has 17 heavy (non-hydrogen) atoms. The van der Waals surface area contributed by atoms with Gasteiger partial charge in [-0.25, -0.2) is 0 Å². The molecule has 0 spiro atoms. The molecule has 1 aromatic carbocycles. The topological polar surface area (TPSA) is 44.5 Å². The van der Waals surface area contributed by atoms with Crippen LogP contribution in [-0.2, 0) is 0 Å². The molecule has 0 radical (unpaired) electrons. The first-order valence-electron chi connectivity index (χ1n) is 5.85. The van der Waals surface area contributed by atoms with Crippen LogP contribution in [0.4, 0.5) is 0 Å². The van der Waals surface area contributed by atoms with Crippen LogP contribution in [0.1, 0.15) is 30.9 Å². The molecule has 0 aromatic heterocycles. The minimum atomic E-state index is 0.00195. The van der Waals surface area contributed by atoms with E-state index in [1.807, 2.05) is 12.1 Å². The molecule has 94 valence electrons. The van der Waals surface area contributed by atoms with Gasteiger partial charge in [-0.2, -0.15) is 0 Å². The van der Waals surface area contributed by atoms with Gasteiger partial charge in [0.25, 0.3) is 0 Å². The number of nitrogens with two attached hydrogens (primary N) is 1. The van der Waals surface area contributed by atoms with Crippen LogP contribution >= 0.6 is 11.6 Å². The van der Waals surface area contributed by atoms with E-state index in [-0.39, 0.29) is 6.04 Å². The van der Waals surface area contributed by atoms with Crippen molar-refractivity contribution in [2.24, 2.45) is 11.7 Å². The van der Waals surface area contributed by atoms with Gasteiger partial charge in [-0.1, -0.05) is 18.0 Å². The normalized spacial score (nSPS) is 17.4. The van der Waals surface area contributed by atoms with Gasteiger partial charge in [0.1, 0.15) is 16.5 Å². The molecule has 1 atom stereocenters. The van der Waals surface area contributed by atoms with Crippen molar-refractivity contribution in [3.8, 4) is 11.5 Å². The minimum Gasteiger partial charge on any atom is -0.495 e. The standard InChI is InChI=1S/C13H18ClNO2/c1-16-10-7-6-9(13(17-2)11(10)14)12(15)8-4-3-5-8/h6-8,12H,3-5,15H2,1-2H3. The first-order chi connectivity index (χ1) is 8.19. The van der Waals surface area contributed by atoms with Crippen LogP contribution in [0.15, 0.2) is 12.1 Å². The van der Waals surface area contributed by atoms with Gasteiger partial charge in [0.2, 0.25) is 0 Å². The molecular formula is C13H18ClNO2. The molecule has 4 heteroatoms. The summed E-state index contributed by atoms with van der Waals surface area (Å²) >= 11 is 6.22. The Bertz CT molecular complexity index is 405. The van der Waals surface area contributed by atoms with E-state index in [4.69, 9.17) is 26.8 Å². The highest BCUT2D eigenvalue weighted by atomic mass is 35.5. The van der Waals surface area contributed by atoms with Crippen molar-refractivity contribution in [1.82, 2.24) is 0 Å². The van der Waals surface area contributed by atoms with Crippen molar-refractivity contribution in [1.29, 1.82) is 0 Å². The van der Waals surface area contributed by atoms with Crippen LogP contribution in [0.25, 0.3) is 0 Å². The van der Waals surface area contributed by atoms with Crippen LogP contribution < -0.4 is 15.2 Å². The monoisotopic (exact) mass is 255 g/mol. The summed E-state index contributed by atoms with van der Waals surface area (Å²) in [6, 6.07) is 3.80. The number of benzene rings is 1. The fraction of sp³-hybridized carbons (Fsp3) is 0.538. The Morgan fingerprint density at radius 3 is 2.47 bits per heavy atom. The molecule has 1 fully saturated rings. The third kappa shape index (κ3) is 2.22. The highest BCUT2D eigenvalue weighted by Gasteiger charge is 2.28. The molecule has 0 bridgehead atoms. The molecule has 1 aliphatic rings. The number of halogens is 1. The first-order valence-corrected chi connectivity index (χ1v) is 6.22. The number of hydrogen-bond acceptors (Lipinski definition) is 3. The molecular weight excluding hydrogens is 238 g/mol. The smallest absolute Gasteiger partial charge is 0.146 e. The summed E-state index contributed by atoms with van der Waals surface area (Å²) in [5.41, 5.74) is 7.23. The third-order valence-corrected chi connectivity index (χ3v) is 3.89. The molecule has 2 N–H and O–H groups in total. The summed E-state index contributed by atoms with van der Waals surface area (Å²) < 4.78 is 10.5. The second-order valence-electron chi connectivity index (χ2n) is 4.42. The number of rotatable bonds is 4. The Hall–Kier alpha value is -0.930. The number of ether oxygens (including phenoxy) is 2. The molecule has 1 aliphatic carbocycles. The lowest BCUT2D eigenvalue weighted by molar-refractivity contribution is 0.259. The molecule has 1 saturated carbocycles. The van der Waals surface area contributed by atoms with Gasteiger partial charge in [0.05, 0.1) is 14.2 Å². The molecule has 1 aromatic rings. The highest BCUT2D eigenvalue weighted by Crippen LogP contribution is 2.44. The van der Waals surface area contributed by atoms with E-state index in [0.717, 1.165) is 5.56 Å². The molecule has 1 unspecified atom stereocenters. The zero-order chi connectivity index (χ0) is 12.4. The van der Waals surface area contributed by atoms with E-state index in [0.29, 0.717) is 22.4 Å². The van der Waals surface area contributed by atoms with Crippen LogP contribution in [0, 0.1) is 5.92 Å². The van der Waals surface area contributed by atoms with Gasteiger partial charge in [0.15, 0.2) is 0 Å². The number of methoxy groups -OCH3 is 2. The van der Waals surface area contributed by atoms with Gasteiger partial charge >= 0.3 is 0 Å². The van der Waals surface area contributed by atoms with E-state index in [2.05, 4.69) is 0 Å². The molecule has 3 nitrogen and oxygen atoms in total. The first kappa shape index (κ1) is 12.5. The molecule has 0 saturated heterocycles. The maximum Gasteiger partial charge on any atom is 0.146 e. The molecule has 0 amide bonds. The predicted octanol–water partition coefficient (Wildman–Crippen LogP) is 3.16. The van der Waals surface area contributed by atoms with E-state index >= 15 is 0 Å². The van der Waals surface area contributed by atoms with Gasteiger partial charge in [-0.05, 0) is 30.9 Å². The average Bonchev–Trinajstić information content (AvgIpc) is 2.26. The lowest BCUT2D eigenvalue weighted by Gasteiger charge is -2.32. The Kier molecular flexibility index (Phi) is 3.79. The van der Waals surface area contributed by atoms with E-state index in [1.165, 1.54) is 19.3 Å². The summed E-state index contributed by atoms with van der Waals surface area (Å²) in [6.45, 7) is 0. The Morgan fingerprint density at radius 2 is 2.00 bits per heavy atom. The van der Waals surface area contributed by atoms with E-state index < -0.39 is 0 Å². The zero-order valence-corrected chi connectivity index (χ0v) is 11.0. The average molecular weight is 256 g/mol. The fourth-order valence-electron chi connectivity index (χ4n) is 2.23. The van der Waals surface area contributed by atoms with Crippen molar-refractivity contribution in [3.63, 3.8) is 0 Å². The maximum absolute atomic E-state index is 6.26. The molecule has 2 rings (SSSR count). The summed E-state index contributed by atoms with van der Waals surface area (Å²) in [7, 11) is 3.20. The van der Waals surface area contributed by atoms with Gasteiger partial charge in [-0.15, -0.1) is 0 Å². The highest BCUT2D eigenvalue weighted by molar-refractivity contribution is 6.33. The van der Waals surface area contributed by atoms with Crippen molar-refractivity contribution >= 4 is 11.6 Å². The SMILES string of the molecule is COc1ccc(C(N)C2CCC2)c(OC)c1Cl. The van der Waals surface area contributed by atoms with E-state index in [9.17, 15) is 0 Å². The van der Waals surface area contributed by atoms with Crippen molar-refractivity contribution in [2.75, 3.05) is 14.2 Å². The second kappa shape index (κ2) is 5.15. The zero-order valence-electron chi connectivity index (χ0n) is 10.2. The Morgan fingerprint density at radius 1 is 1.29 bits per heavy atom. The summed E-state index contributed by atoms with van der Waals surface area (Å²) in [4.78, 5) is 0. The van der Waals surface area contributed by atoms with Crippen LogP contribution in [0.3, 0.4) is 0 Å². The largest absolute Gasteiger partial charge is 0.495 e. The predicted molar refractivity (Wildman–Crippen MR) is 68.8 cm³/mol. The minimum absolute atomic E-state index is 0.00195. The second-order valence-corrected chi connectivity index (χ2v) is 4.80. The van der Waals surface area contributed by atoms with Gasteiger partial charge in [0, 0.05) is 11.6 Å². The summed E-state index contributed by atoms with van der Waals surface area (Å²) in [5.74, 6) is 1.81. The fourth-order valence-corrected chi connectivity index (χ4v) is 2.56. The van der Waals surface area contributed by atoms with Gasteiger partial charge < -0.3 is 15.2 Å².